The van der Waals surface area contributed by atoms with Gasteiger partial charge in [-0.2, -0.15) is 0 Å². The second-order valence-electron chi connectivity index (χ2n) is 17.0. The fourth-order valence-electron chi connectivity index (χ4n) is 8.33. The van der Waals surface area contributed by atoms with Crippen LogP contribution in [0.25, 0.3) is 0 Å². The highest BCUT2D eigenvalue weighted by Gasteiger charge is 2.52. The van der Waals surface area contributed by atoms with Crippen molar-refractivity contribution in [3.8, 4) is 0 Å². The van der Waals surface area contributed by atoms with Crippen LogP contribution in [0.2, 0.25) is 0 Å². The molecule has 322 valence electrons. The van der Waals surface area contributed by atoms with Crippen LogP contribution < -0.4 is 0 Å². The second-order valence-corrected chi connectivity index (χ2v) is 17.0. The Morgan fingerprint density at radius 1 is 0.596 bits per heavy atom. The molecule has 1 amide bonds. The number of allylic oxidation sites excluding steroid dienone is 8. The van der Waals surface area contributed by atoms with Gasteiger partial charge in [-0.3, -0.25) is 0 Å². The van der Waals surface area contributed by atoms with Gasteiger partial charge in [-0.15, -0.1) is 0 Å². The van der Waals surface area contributed by atoms with E-state index in [4.69, 9.17) is 14.2 Å². The average Bonchev–Trinajstić information content (AvgIpc) is 3.77. The van der Waals surface area contributed by atoms with Crippen molar-refractivity contribution >= 4 is 6.09 Å². The third-order valence-electron chi connectivity index (χ3n) is 11.9. The van der Waals surface area contributed by atoms with Crippen molar-refractivity contribution in [1.29, 1.82) is 0 Å². The molecule has 1 heterocycles. The lowest BCUT2D eigenvalue weighted by molar-refractivity contribution is -0.192. The maximum Gasteiger partial charge on any atom is 0.410 e. The number of benzene rings is 1. The van der Waals surface area contributed by atoms with E-state index in [0.29, 0.717) is 6.61 Å². The SMILES string of the molecule is CCCCC/C=C\C/C=C\CCCCCCCCC1(CCCCCCCCC=CCC/C=C\CCCCC)O[C@H]2CC(N(C)C(=O)OCc3ccccc3)C[C@H]2O1. The van der Waals surface area contributed by atoms with E-state index < -0.39 is 5.79 Å². The van der Waals surface area contributed by atoms with Crippen molar-refractivity contribution in [3.05, 3.63) is 84.5 Å². The van der Waals surface area contributed by atoms with Gasteiger partial charge in [0, 0.05) is 25.9 Å². The molecule has 4 atom stereocenters. The third-order valence-corrected chi connectivity index (χ3v) is 11.9. The van der Waals surface area contributed by atoms with E-state index in [2.05, 4.69) is 62.5 Å². The Morgan fingerprint density at radius 2 is 1.02 bits per heavy atom. The van der Waals surface area contributed by atoms with Crippen LogP contribution in [0, 0.1) is 0 Å². The maximum absolute atomic E-state index is 12.9. The number of hydrogen-bond acceptors (Lipinski definition) is 4. The standard InChI is InChI=1S/C52H85NO4/c1-4-6-8-10-12-14-16-18-20-22-24-26-28-30-32-34-39-43-52(42-38-33-31-29-27-25-23-21-19-17-15-13-11-9-7-5-2)56-49-44-48(45-50(49)57-52)53(3)51(54)55-46-47-40-36-35-37-41-47/h12-15,19-22,35-37,40-41,48-50H,4-11,16-18,23-34,38-39,42-46H2,1-3H3/b14-12-,15-13-,21-19-,22-20?/t48?,49-,50+,52?. The molecule has 5 nitrogen and oxygen atoms in total. The monoisotopic (exact) mass is 788 g/mol. The smallest absolute Gasteiger partial charge is 0.410 e. The number of unbranched alkanes of at least 4 members (excludes halogenated alkanes) is 19. The summed E-state index contributed by atoms with van der Waals surface area (Å²) in [5.74, 6) is -0.461. The molecule has 0 bridgehead atoms. The predicted octanol–water partition coefficient (Wildman–Crippen LogP) is 15.7. The summed E-state index contributed by atoms with van der Waals surface area (Å²) in [4.78, 5) is 14.7. The number of rotatable bonds is 34. The van der Waals surface area contributed by atoms with Gasteiger partial charge in [-0.05, 0) is 102 Å². The molecular weight excluding hydrogens is 703 g/mol. The topological polar surface area (TPSA) is 48.0 Å². The molecule has 1 aliphatic carbocycles. The van der Waals surface area contributed by atoms with Crippen LogP contribution in [0.1, 0.15) is 206 Å². The molecule has 1 aromatic rings. The van der Waals surface area contributed by atoms with Crippen molar-refractivity contribution in [3.63, 3.8) is 0 Å². The number of carbonyl (C=O) groups is 1. The van der Waals surface area contributed by atoms with Gasteiger partial charge >= 0.3 is 6.09 Å². The zero-order chi connectivity index (χ0) is 40.5. The molecule has 0 N–H and O–H groups in total. The Bertz CT molecular complexity index is 1220. The van der Waals surface area contributed by atoms with Gasteiger partial charge in [-0.1, -0.05) is 170 Å². The highest BCUT2D eigenvalue weighted by atomic mass is 16.8. The van der Waals surface area contributed by atoms with Crippen molar-refractivity contribution in [2.45, 2.75) is 231 Å². The number of nitrogens with zero attached hydrogens (tertiary/aromatic N) is 1. The van der Waals surface area contributed by atoms with Gasteiger partial charge in [-0.25, -0.2) is 4.79 Å². The van der Waals surface area contributed by atoms with E-state index in [1.54, 1.807) is 4.90 Å². The van der Waals surface area contributed by atoms with E-state index in [1.807, 2.05) is 37.4 Å². The molecule has 3 rings (SSSR count). The minimum absolute atomic E-state index is 0.0545. The summed E-state index contributed by atoms with van der Waals surface area (Å²) >= 11 is 0. The van der Waals surface area contributed by atoms with Gasteiger partial charge in [0.15, 0.2) is 5.79 Å². The lowest BCUT2D eigenvalue weighted by Crippen LogP contribution is -2.38. The van der Waals surface area contributed by atoms with Gasteiger partial charge in [0.25, 0.3) is 0 Å². The molecule has 2 aliphatic rings. The van der Waals surface area contributed by atoms with Crippen LogP contribution in [0.5, 0.6) is 0 Å². The number of hydrogen-bond donors (Lipinski definition) is 0. The van der Waals surface area contributed by atoms with Crippen LogP contribution in [-0.4, -0.2) is 42.1 Å². The Labute approximate surface area is 351 Å². The van der Waals surface area contributed by atoms with Gasteiger partial charge in [0.2, 0.25) is 0 Å². The second kappa shape index (κ2) is 32.2. The normalized spacial score (nSPS) is 20.9. The van der Waals surface area contributed by atoms with E-state index in [1.165, 1.54) is 141 Å². The van der Waals surface area contributed by atoms with Crippen LogP contribution in [0.4, 0.5) is 4.79 Å². The largest absolute Gasteiger partial charge is 0.445 e. The zero-order valence-electron chi connectivity index (χ0n) is 37.0. The quantitative estimate of drug-likeness (QED) is 0.0516. The fraction of sp³-hybridized carbons (Fsp3) is 0.712. The predicted molar refractivity (Wildman–Crippen MR) is 242 cm³/mol. The van der Waals surface area contributed by atoms with Gasteiger partial charge in [0.1, 0.15) is 6.61 Å². The highest BCUT2D eigenvalue weighted by molar-refractivity contribution is 5.67. The fourth-order valence-corrected chi connectivity index (χ4v) is 8.33. The maximum atomic E-state index is 12.9. The van der Waals surface area contributed by atoms with E-state index in [0.717, 1.165) is 50.5 Å². The average molecular weight is 788 g/mol. The molecule has 1 saturated carbocycles. The lowest BCUT2D eigenvalue weighted by atomic mass is 9.98. The first-order valence-electron chi connectivity index (χ1n) is 24.0. The first-order valence-corrected chi connectivity index (χ1v) is 24.0. The van der Waals surface area contributed by atoms with Crippen molar-refractivity contribution in [1.82, 2.24) is 4.90 Å². The molecule has 0 spiro atoms. The summed E-state index contributed by atoms with van der Waals surface area (Å²) in [6.07, 6.45) is 53.8. The minimum Gasteiger partial charge on any atom is -0.445 e. The van der Waals surface area contributed by atoms with Crippen LogP contribution in [-0.2, 0) is 20.8 Å². The van der Waals surface area contributed by atoms with Crippen molar-refractivity contribution in [2.24, 2.45) is 0 Å². The molecule has 5 heteroatoms. The molecule has 1 aromatic carbocycles. The summed E-state index contributed by atoms with van der Waals surface area (Å²) in [7, 11) is 1.86. The van der Waals surface area contributed by atoms with Gasteiger partial charge in [0.05, 0.1) is 12.2 Å². The first kappa shape index (κ1) is 48.7. The minimum atomic E-state index is -0.461. The molecule has 0 aromatic heterocycles. The number of carbonyl (C=O) groups excluding carboxylic acids is 1. The van der Waals surface area contributed by atoms with Crippen molar-refractivity contribution in [2.75, 3.05) is 7.05 Å². The van der Waals surface area contributed by atoms with Crippen molar-refractivity contribution < 1.29 is 19.0 Å². The Hall–Kier alpha value is -2.63. The van der Waals surface area contributed by atoms with Gasteiger partial charge < -0.3 is 19.1 Å². The molecular formula is C52H85NO4. The van der Waals surface area contributed by atoms with Crippen LogP contribution in [0.3, 0.4) is 0 Å². The van der Waals surface area contributed by atoms with E-state index in [9.17, 15) is 4.79 Å². The van der Waals surface area contributed by atoms with Crippen LogP contribution >= 0.6 is 0 Å². The lowest BCUT2D eigenvalue weighted by Gasteiger charge is -2.31. The van der Waals surface area contributed by atoms with E-state index >= 15 is 0 Å². The molecule has 0 radical (unpaired) electrons. The summed E-state index contributed by atoms with van der Waals surface area (Å²) in [5.41, 5.74) is 1.00. The highest BCUT2D eigenvalue weighted by Crippen LogP contribution is 2.45. The summed E-state index contributed by atoms with van der Waals surface area (Å²) in [5, 5.41) is 0. The first-order chi connectivity index (χ1) is 28.1. The van der Waals surface area contributed by atoms with E-state index in [-0.39, 0.29) is 24.3 Å². The summed E-state index contributed by atoms with van der Waals surface area (Å²) < 4.78 is 19.4. The third kappa shape index (κ3) is 22.4. The molecule has 2 fully saturated rings. The molecule has 2 unspecified atom stereocenters. The molecule has 1 saturated heterocycles. The summed E-state index contributed by atoms with van der Waals surface area (Å²) in [6.45, 7) is 4.82. The number of fused-ring (bicyclic) bond motifs is 1. The number of amides is 1. The molecule has 1 aliphatic heterocycles. The molecule has 57 heavy (non-hydrogen) atoms. The Kier molecular flexibility index (Phi) is 27.6. The number of ether oxygens (including phenoxy) is 3. The Morgan fingerprint density at radius 3 is 1.51 bits per heavy atom. The van der Waals surface area contributed by atoms with Crippen LogP contribution in [0.15, 0.2) is 78.9 Å². The Balaban J connectivity index is 1.33. The summed E-state index contributed by atoms with van der Waals surface area (Å²) in [6, 6.07) is 9.97. The zero-order valence-corrected chi connectivity index (χ0v) is 37.0.